The van der Waals surface area contributed by atoms with Crippen LogP contribution in [0.4, 0.5) is 0 Å². The summed E-state index contributed by atoms with van der Waals surface area (Å²) in [4.78, 5) is 13.9. The molecule has 0 aromatic heterocycles. The van der Waals surface area contributed by atoms with Gasteiger partial charge in [-0.3, -0.25) is 4.79 Å². The zero-order chi connectivity index (χ0) is 10.5. The Hall–Kier alpha value is -0.830. The molecule has 0 unspecified atom stereocenters. The van der Waals surface area contributed by atoms with E-state index in [0.717, 1.165) is 32.6 Å². The van der Waals surface area contributed by atoms with E-state index >= 15 is 0 Å². The largest absolute Gasteiger partial charge is 0.340 e. The second-order valence-electron chi connectivity index (χ2n) is 4.42. The predicted octanol–water partition coefficient (Wildman–Crippen LogP) is 1.31. The summed E-state index contributed by atoms with van der Waals surface area (Å²) in [5.41, 5.74) is 1.37. The van der Waals surface area contributed by atoms with Crippen molar-refractivity contribution in [2.45, 2.75) is 32.1 Å². The number of rotatable bonds is 2. The molecule has 1 N–H and O–H groups in total. The van der Waals surface area contributed by atoms with Gasteiger partial charge in [0, 0.05) is 32.6 Å². The number of nitrogens with zero attached hydrogens (tertiary/aromatic N) is 1. The summed E-state index contributed by atoms with van der Waals surface area (Å²) in [5.74, 6) is 0.324. The third kappa shape index (κ3) is 3.06. The first-order chi connectivity index (χ1) is 7.36. The van der Waals surface area contributed by atoms with Crippen molar-refractivity contribution < 1.29 is 4.79 Å². The maximum atomic E-state index is 11.9. The van der Waals surface area contributed by atoms with Gasteiger partial charge in [-0.2, -0.15) is 0 Å². The Bertz CT molecular complexity index is 254. The highest BCUT2D eigenvalue weighted by Crippen LogP contribution is 2.20. The summed E-state index contributed by atoms with van der Waals surface area (Å²) in [6.07, 6.45) is 7.80. The number of amides is 1. The third-order valence-electron chi connectivity index (χ3n) is 3.23. The fraction of sp³-hybridized carbons (Fsp3) is 0.750. The van der Waals surface area contributed by atoms with Crippen molar-refractivity contribution in [3.05, 3.63) is 11.6 Å². The van der Waals surface area contributed by atoms with Crippen LogP contribution in [0.3, 0.4) is 0 Å². The molecule has 15 heavy (non-hydrogen) atoms. The maximum absolute atomic E-state index is 11.9. The van der Waals surface area contributed by atoms with Crippen molar-refractivity contribution in [3.63, 3.8) is 0 Å². The molecule has 0 atom stereocenters. The van der Waals surface area contributed by atoms with Crippen LogP contribution >= 0.6 is 0 Å². The quantitative estimate of drug-likeness (QED) is 0.694. The van der Waals surface area contributed by atoms with Gasteiger partial charge in [-0.25, -0.2) is 0 Å². The molecule has 0 bridgehead atoms. The van der Waals surface area contributed by atoms with E-state index < -0.39 is 0 Å². The van der Waals surface area contributed by atoms with Crippen LogP contribution in [0.1, 0.15) is 32.1 Å². The number of hydrogen-bond donors (Lipinski definition) is 1. The molecule has 1 aliphatic heterocycles. The molecule has 0 aromatic rings. The minimum Gasteiger partial charge on any atom is -0.340 e. The molecule has 1 saturated heterocycles. The Kier molecular flexibility index (Phi) is 3.78. The molecule has 1 amide bonds. The summed E-state index contributed by atoms with van der Waals surface area (Å²) >= 11 is 0. The number of hydrogen-bond acceptors (Lipinski definition) is 2. The number of piperazine rings is 1. The summed E-state index contributed by atoms with van der Waals surface area (Å²) in [6.45, 7) is 3.66. The number of carbonyl (C=O) groups excluding carboxylic acids is 1. The first-order valence-corrected chi connectivity index (χ1v) is 6.02. The first-order valence-electron chi connectivity index (χ1n) is 6.02. The van der Waals surface area contributed by atoms with Crippen molar-refractivity contribution >= 4 is 5.91 Å². The van der Waals surface area contributed by atoms with E-state index in [-0.39, 0.29) is 0 Å². The van der Waals surface area contributed by atoms with Crippen molar-refractivity contribution in [2.75, 3.05) is 26.2 Å². The monoisotopic (exact) mass is 208 g/mol. The van der Waals surface area contributed by atoms with Gasteiger partial charge < -0.3 is 10.2 Å². The van der Waals surface area contributed by atoms with Crippen LogP contribution in [-0.4, -0.2) is 37.0 Å². The molecule has 1 heterocycles. The molecule has 3 nitrogen and oxygen atoms in total. The van der Waals surface area contributed by atoms with Crippen LogP contribution < -0.4 is 5.32 Å². The Morgan fingerprint density at radius 3 is 2.80 bits per heavy atom. The maximum Gasteiger partial charge on any atom is 0.226 e. The van der Waals surface area contributed by atoms with Gasteiger partial charge in [0.2, 0.25) is 5.91 Å². The smallest absolute Gasteiger partial charge is 0.226 e. The Morgan fingerprint density at radius 1 is 1.33 bits per heavy atom. The third-order valence-corrected chi connectivity index (χ3v) is 3.23. The zero-order valence-electron chi connectivity index (χ0n) is 9.30. The summed E-state index contributed by atoms with van der Waals surface area (Å²) < 4.78 is 0. The fourth-order valence-corrected chi connectivity index (χ4v) is 2.29. The molecule has 3 heteroatoms. The van der Waals surface area contributed by atoms with Crippen molar-refractivity contribution in [1.82, 2.24) is 10.2 Å². The number of carbonyl (C=O) groups is 1. The van der Waals surface area contributed by atoms with Crippen molar-refractivity contribution in [1.29, 1.82) is 0 Å². The highest BCUT2D eigenvalue weighted by atomic mass is 16.2. The van der Waals surface area contributed by atoms with Crippen LogP contribution in [0.15, 0.2) is 11.6 Å². The molecular formula is C12H20N2O. The molecule has 0 radical (unpaired) electrons. The summed E-state index contributed by atoms with van der Waals surface area (Å²) in [7, 11) is 0. The van der Waals surface area contributed by atoms with Gasteiger partial charge in [-0.05, 0) is 25.7 Å². The van der Waals surface area contributed by atoms with Crippen molar-refractivity contribution in [2.24, 2.45) is 0 Å². The lowest BCUT2D eigenvalue weighted by Crippen LogP contribution is -2.46. The Labute approximate surface area is 91.5 Å². The molecule has 1 aliphatic carbocycles. The lowest BCUT2D eigenvalue weighted by molar-refractivity contribution is -0.131. The summed E-state index contributed by atoms with van der Waals surface area (Å²) in [5, 5.41) is 3.26. The highest BCUT2D eigenvalue weighted by Gasteiger charge is 2.17. The van der Waals surface area contributed by atoms with Crippen LogP contribution in [0.2, 0.25) is 0 Å². The molecule has 84 valence electrons. The van der Waals surface area contributed by atoms with Crippen LogP contribution in [-0.2, 0) is 4.79 Å². The summed E-state index contributed by atoms with van der Waals surface area (Å²) in [6, 6.07) is 0. The Balaban J connectivity index is 1.82. The predicted molar refractivity (Wildman–Crippen MR) is 60.6 cm³/mol. The second-order valence-corrected chi connectivity index (χ2v) is 4.42. The van der Waals surface area contributed by atoms with Crippen molar-refractivity contribution in [3.8, 4) is 0 Å². The van der Waals surface area contributed by atoms with Gasteiger partial charge in [-0.15, -0.1) is 0 Å². The molecule has 2 rings (SSSR count). The van der Waals surface area contributed by atoms with E-state index in [1.807, 2.05) is 4.90 Å². The van der Waals surface area contributed by atoms with E-state index in [4.69, 9.17) is 0 Å². The van der Waals surface area contributed by atoms with E-state index in [2.05, 4.69) is 11.4 Å². The zero-order valence-corrected chi connectivity index (χ0v) is 9.30. The average Bonchev–Trinajstić information content (AvgIpc) is 2.31. The van der Waals surface area contributed by atoms with E-state index in [1.54, 1.807) is 0 Å². The number of allylic oxidation sites excluding steroid dienone is 1. The van der Waals surface area contributed by atoms with Gasteiger partial charge in [0.15, 0.2) is 0 Å². The Morgan fingerprint density at radius 2 is 2.13 bits per heavy atom. The minimum atomic E-state index is 0.324. The topological polar surface area (TPSA) is 32.3 Å². The van der Waals surface area contributed by atoms with E-state index in [9.17, 15) is 4.79 Å². The van der Waals surface area contributed by atoms with Gasteiger partial charge in [0.1, 0.15) is 0 Å². The second kappa shape index (κ2) is 5.31. The first kappa shape index (κ1) is 10.7. The van der Waals surface area contributed by atoms with Gasteiger partial charge in [0.25, 0.3) is 0 Å². The van der Waals surface area contributed by atoms with Gasteiger partial charge in [-0.1, -0.05) is 11.6 Å². The molecule has 0 aromatic carbocycles. The molecule has 2 aliphatic rings. The average molecular weight is 208 g/mol. The van der Waals surface area contributed by atoms with Gasteiger partial charge >= 0.3 is 0 Å². The van der Waals surface area contributed by atoms with E-state index in [1.165, 1.54) is 24.8 Å². The molecule has 0 saturated carbocycles. The normalized spacial score (nSPS) is 22.4. The van der Waals surface area contributed by atoms with Crippen LogP contribution in [0, 0.1) is 0 Å². The molecular weight excluding hydrogens is 188 g/mol. The lowest BCUT2D eigenvalue weighted by atomic mass is 9.97. The molecule has 1 fully saturated rings. The fourth-order valence-electron chi connectivity index (χ4n) is 2.29. The minimum absolute atomic E-state index is 0.324. The van der Waals surface area contributed by atoms with E-state index in [0.29, 0.717) is 12.3 Å². The highest BCUT2D eigenvalue weighted by molar-refractivity contribution is 5.78. The lowest BCUT2D eigenvalue weighted by Gasteiger charge is -2.28. The van der Waals surface area contributed by atoms with Crippen LogP contribution in [0.5, 0.6) is 0 Å². The molecule has 0 spiro atoms. The van der Waals surface area contributed by atoms with Gasteiger partial charge in [0.05, 0.1) is 0 Å². The van der Waals surface area contributed by atoms with Crippen LogP contribution in [0.25, 0.3) is 0 Å². The SMILES string of the molecule is O=C(CC1=CCCCC1)N1CCNCC1. The standard InChI is InChI=1S/C12H20N2O/c15-12(14-8-6-13-7-9-14)10-11-4-2-1-3-5-11/h4,13H,1-3,5-10H2. The number of nitrogens with one attached hydrogen (secondary N) is 1.